The van der Waals surface area contributed by atoms with E-state index in [1.807, 2.05) is 0 Å². The number of hydrogen-bond donors (Lipinski definition) is 2. The second kappa shape index (κ2) is 5.21. The van der Waals surface area contributed by atoms with Crippen molar-refractivity contribution in [3.8, 4) is 0 Å². The lowest BCUT2D eigenvalue weighted by molar-refractivity contribution is -0.137. The van der Waals surface area contributed by atoms with Crippen LogP contribution in [-0.4, -0.2) is 41.6 Å². The van der Waals surface area contributed by atoms with Crippen LogP contribution in [0.3, 0.4) is 0 Å². The molecule has 96 valence electrons. The molecule has 1 fully saturated rings. The van der Waals surface area contributed by atoms with Crippen LogP contribution in [-0.2, 0) is 4.79 Å². The third-order valence-electron chi connectivity index (χ3n) is 3.18. The predicted octanol–water partition coefficient (Wildman–Crippen LogP) is 1.31. The third kappa shape index (κ3) is 4.09. The minimum absolute atomic E-state index is 0.242. The molecule has 5 nitrogen and oxygen atoms in total. The summed E-state index contributed by atoms with van der Waals surface area (Å²) in [5.74, 6) is -0.518. The van der Waals surface area contributed by atoms with Crippen molar-refractivity contribution in [2.75, 3.05) is 19.6 Å². The van der Waals surface area contributed by atoms with Gasteiger partial charge in [0.05, 0.1) is 0 Å². The molecule has 0 heterocycles. The fraction of sp³-hybridized carbons (Fsp3) is 0.667. The molecule has 0 aromatic carbocycles. The summed E-state index contributed by atoms with van der Waals surface area (Å²) in [6.07, 6.45) is 2.62. The Morgan fingerprint density at radius 2 is 2.18 bits per heavy atom. The fourth-order valence-corrected chi connectivity index (χ4v) is 1.79. The zero-order valence-electron chi connectivity index (χ0n) is 10.4. The van der Waals surface area contributed by atoms with Crippen molar-refractivity contribution in [2.45, 2.75) is 20.3 Å². The molecule has 1 saturated carbocycles. The number of nitrogens with zero attached hydrogens (tertiary/aromatic N) is 1. The van der Waals surface area contributed by atoms with Crippen LogP contribution in [0, 0.1) is 11.3 Å². The van der Waals surface area contributed by atoms with Crippen molar-refractivity contribution in [2.24, 2.45) is 11.3 Å². The van der Waals surface area contributed by atoms with Gasteiger partial charge in [-0.05, 0) is 17.8 Å². The molecule has 1 unspecified atom stereocenters. The maximum absolute atomic E-state index is 11.7. The van der Waals surface area contributed by atoms with Crippen LogP contribution < -0.4 is 5.32 Å². The number of urea groups is 1. The van der Waals surface area contributed by atoms with Gasteiger partial charge in [-0.1, -0.05) is 19.9 Å². The SMILES string of the molecule is C=CCN(CC(=O)O)C(=O)NCC1CC1(C)C. The molecule has 2 amide bonds. The molecule has 1 aliphatic carbocycles. The molecule has 0 aromatic rings. The van der Waals surface area contributed by atoms with E-state index < -0.39 is 5.97 Å². The topological polar surface area (TPSA) is 69.6 Å². The number of carbonyl (C=O) groups is 2. The van der Waals surface area contributed by atoms with E-state index >= 15 is 0 Å². The quantitative estimate of drug-likeness (QED) is 0.688. The maximum Gasteiger partial charge on any atom is 0.323 e. The average Bonchev–Trinajstić information content (AvgIpc) is 2.82. The standard InChI is InChI=1S/C12H20N2O3/c1-4-5-14(8-10(15)16)11(17)13-7-9-6-12(9,2)3/h4,9H,1,5-8H2,2-3H3,(H,13,17)(H,15,16). The summed E-state index contributed by atoms with van der Waals surface area (Å²) < 4.78 is 0. The Morgan fingerprint density at radius 1 is 1.59 bits per heavy atom. The largest absolute Gasteiger partial charge is 0.480 e. The van der Waals surface area contributed by atoms with E-state index in [4.69, 9.17) is 5.11 Å². The van der Waals surface area contributed by atoms with Crippen molar-refractivity contribution in [1.82, 2.24) is 10.2 Å². The molecule has 0 aliphatic heterocycles. The molecular weight excluding hydrogens is 220 g/mol. The Labute approximate surface area is 101 Å². The van der Waals surface area contributed by atoms with Gasteiger partial charge in [-0.2, -0.15) is 0 Å². The van der Waals surface area contributed by atoms with Gasteiger partial charge in [0, 0.05) is 13.1 Å². The van der Waals surface area contributed by atoms with Gasteiger partial charge in [-0.3, -0.25) is 4.79 Å². The summed E-state index contributed by atoms with van der Waals surface area (Å²) in [7, 11) is 0. The van der Waals surface area contributed by atoms with E-state index in [9.17, 15) is 9.59 Å². The van der Waals surface area contributed by atoms with Crippen LogP contribution in [0.1, 0.15) is 20.3 Å². The molecule has 0 saturated heterocycles. The van der Waals surface area contributed by atoms with Gasteiger partial charge < -0.3 is 15.3 Å². The van der Waals surface area contributed by atoms with E-state index in [1.54, 1.807) is 0 Å². The summed E-state index contributed by atoms with van der Waals surface area (Å²) in [6.45, 7) is 8.37. The first-order valence-corrected chi connectivity index (χ1v) is 5.72. The van der Waals surface area contributed by atoms with Crippen LogP contribution in [0.2, 0.25) is 0 Å². The number of amides is 2. The second-order valence-electron chi connectivity index (χ2n) is 5.14. The normalized spacial score (nSPS) is 20.5. The van der Waals surface area contributed by atoms with Crippen LogP contribution in [0.4, 0.5) is 4.79 Å². The first kappa shape index (κ1) is 13.5. The van der Waals surface area contributed by atoms with Gasteiger partial charge in [-0.15, -0.1) is 6.58 Å². The lowest BCUT2D eigenvalue weighted by Gasteiger charge is -2.19. The summed E-state index contributed by atoms with van der Waals surface area (Å²) in [6, 6.07) is -0.338. The number of carboxylic acid groups (broad SMARTS) is 1. The Balaban J connectivity index is 2.37. The molecule has 17 heavy (non-hydrogen) atoms. The number of nitrogens with one attached hydrogen (secondary N) is 1. The number of carboxylic acids is 1. The molecule has 0 bridgehead atoms. The Bertz CT molecular complexity index is 326. The molecule has 2 N–H and O–H groups in total. The maximum atomic E-state index is 11.7. The summed E-state index contributed by atoms with van der Waals surface area (Å²) in [5, 5.41) is 11.4. The van der Waals surface area contributed by atoms with Gasteiger partial charge in [0.15, 0.2) is 0 Å². The number of hydrogen-bond acceptors (Lipinski definition) is 2. The van der Waals surface area contributed by atoms with Crippen LogP contribution >= 0.6 is 0 Å². The van der Waals surface area contributed by atoms with Crippen molar-refractivity contribution < 1.29 is 14.7 Å². The third-order valence-corrected chi connectivity index (χ3v) is 3.18. The zero-order chi connectivity index (χ0) is 13.1. The zero-order valence-corrected chi connectivity index (χ0v) is 10.4. The van der Waals surface area contributed by atoms with Crippen LogP contribution in [0.5, 0.6) is 0 Å². The summed E-state index contributed by atoms with van der Waals surface area (Å²) in [5.41, 5.74) is 0.309. The number of rotatable bonds is 6. The molecule has 0 aromatic heterocycles. The van der Waals surface area contributed by atoms with Crippen molar-refractivity contribution in [3.05, 3.63) is 12.7 Å². The summed E-state index contributed by atoms with van der Waals surface area (Å²) in [4.78, 5) is 23.5. The van der Waals surface area contributed by atoms with Crippen LogP contribution in [0.15, 0.2) is 12.7 Å². The number of aliphatic carboxylic acids is 1. The van der Waals surface area contributed by atoms with Crippen molar-refractivity contribution in [3.63, 3.8) is 0 Å². The molecular formula is C12H20N2O3. The number of carbonyl (C=O) groups excluding carboxylic acids is 1. The molecule has 0 spiro atoms. The Hall–Kier alpha value is -1.52. The highest BCUT2D eigenvalue weighted by Crippen LogP contribution is 2.50. The highest BCUT2D eigenvalue weighted by molar-refractivity contribution is 5.80. The first-order chi connectivity index (χ1) is 7.86. The van der Waals surface area contributed by atoms with E-state index in [0.717, 1.165) is 6.42 Å². The Morgan fingerprint density at radius 3 is 2.59 bits per heavy atom. The van der Waals surface area contributed by atoms with Crippen LogP contribution in [0.25, 0.3) is 0 Å². The van der Waals surface area contributed by atoms with Gasteiger partial charge in [0.25, 0.3) is 0 Å². The van der Waals surface area contributed by atoms with E-state index in [0.29, 0.717) is 17.9 Å². The predicted molar refractivity (Wildman–Crippen MR) is 64.7 cm³/mol. The highest BCUT2D eigenvalue weighted by Gasteiger charge is 2.45. The van der Waals surface area contributed by atoms with E-state index in [-0.39, 0.29) is 19.1 Å². The van der Waals surface area contributed by atoms with Gasteiger partial charge in [-0.25, -0.2) is 4.79 Å². The highest BCUT2D eigenvalue weighted by atomic mass is 16.4. The molecule has 0 radical (unpaired) electrons. The average molecular weight is 240 g/mol. The first-order valence-electron chi connectivity index (χ1n) is 5.72. The molecule has 5 heteroatoms. The molecule has 1 atom stereocenters. The van der Waals surface area contributed by atoms with Gasteiger partial charge in [0.2, 0.25) is 0 Å². The molecule has 1 rings (SSSR count). The Kier molecular flexibility index (Phi) is 4.15. The lowest BCUT2D eigenvalue weighted by atomic mass is 10.1. The fourth-order valence-electron chi connectivity index (χ4n) is 1.79. The minimum atomic E-state index is -1.02. The van der Waals surface area contributed by atoms with Gasteiger partial charge >= 0.3 is 12.0 Å². The van der Waals surface area contributed by atoms with Crippen molar-refractivity contribution in [1.29, 1.82) is 0 Å². The van der Waals surface area contributed by atoms with Crippen molar-refractivity contribution >= 4 is 12.0 Å². The van der Waals surface area contributed by atoms with E-state index in [2.05, 4.69) is 25.7 Å². The monoisotopic (exact) mass is 240 g/mol. The van der Waals surface area contributed by atoms with Gasteiger partial charge in [0.1, 0.15) is 6.54 Å². The smallest absolute Gasteiger partial charge is 0.323 e. The second-order valence-corrected chi connectivity index (χ2v) is 5.14. The lowest BCUT2D eigenvalue weighted by Crippen LogP contribution is -2.43. The summed E-state index contributed by atoms with van der Waals surface area (Å²) >= 11 is 0. The molecule has 1 aliphatic rings. The van der Waals surface area contributed by atoms with E-state index in [1.165, 1.54) is 11.0 Å². The minimum Gasteiger partial charge on any atom is -0.480 e.